The van der Waals surface area contributed by atoms with E-state index < -0.39 is 0 Å². The van der Waals surface area contributed by atoms with Crippen molar-refractivity contribution >= 4 is 17.5 Å². The van der Waals surface area contributed by atoms with Gasteiger partial charge < -0.3 is 9.64 Å². The molecule has 3 nitrogen and oxygen atoms in total. The molecule has 0 aliphatic heterocycles. The molecule has 0 atom stereocenters. The standard InChI is InChI=1S/C21H23NO2/c1-4-22(5-2)18-11-10-16(20(14-18)24-3)13-17-12-15-8-6-7-9-19(15)21(17)23/h6-11,13-14H,4-5,12H2,1-3H3. The summed E-state index contributed by atoms with van der Waals surface area (Å²) in [6.45, 7) is 6.18. The maximum atomic E-state index is 12.6. The molecule has 0 aromatic heterocycles. The van der Waals surface area contributed by atoms with Gasteiger partial charge in [-0.05, 0) is 37.6 Å². The Labute approximate surface area is 143 Å². The van der Waals surface area contributed by atoms with Crippen LogP contribution in [0.4, 0.5) is 5.69 Å². The van der Waals surface area contributed by atoms with Gasteiger partial charge in [0.15, 0.2) is 5.78 Å². The lowest BCUT2D eigenvalue weighted by atomic mass is 10.1. The molecule has 0 amide bonds. The molecular formula is C21H23NO2. The Kier molecular flexibility index (Phi) is 4.70. The van der Waals surface area contributed by atoms with Crippen molar-refractivity contribution < 1.29 is 9.53 Å². The molecule has 0 bridgehead atoms. The Bertz CT molecular complexity index is 788. The molecule has 0 saturated carbocycles. The zero-order chi connectivity index (χ0) is 17.1. The molecule has 0 spiro atoms. The quantitative estimate of drug-likeness (QED) is 0.766. The Morgan fingerprint density at radius 3 is 2.54 bits per heavy atom. The first kappa shape index (κ1) is 16.3. The highest BCUT2D eigenvalue weighted by molar-refractivity contribution is 6.15. The van der Waals surface area contributed by atoms with Crippen molar-refractivity contribution in [2.75, 3.05) is 25.1 Å². The normalized spacial score (nSPS) is 14.8. The van der Waals surface area contributed by atoms with Crippen molar-refractivity contribution in [3.05, 3.63) is 64.7 Å². The number of rotatable bonds is 5. The van der Waals surface area contributed by atoms with Gasteiger partial charge >= 0.3 is 0 Å². The molecule has 2 aromatic carbocycles. The number of benzene rings is 2. The van der Waals surface area contributed by atoms with E-state index in [1.165, 1.54) is 0 Å². The van der Waals surface area contributed by atoms with Crippen molar-refractivity contribution in [2.45, 2.75) is 20.3 Å². The molecular weight excluding hydrogens is 298 g/mol. The number of methoxy groups -OCH3 is 1. The van der Waals surface area contributed by atoms with Gasteiger partial charge in [-0.3, -0.25) is 4.79 Å². The van der Waals surface area contributed by atoms with E-state index in [2.05, 4.69) is 24.8 Å². The zero-order valence-corrected chi connectivity index (χ0v) is 14.5. The molecule has 1 aliphatic carbocycles. The lowest BCUT2D eigenvalue weighted by Crippen LogP contribution is -2.21. The number of hydrogen-bond acceptors (Lipinski definition) is 3. The van der Waals surface area contributed by atoms with Crippen LogP contribution in [0.1, 0.15) is 35.3 Å². The number of ether oxygens (including phenoxy) is 1. The topological polar surface area (TPSA) is 29.5 Å². The van der Waals surface area contributed by atoms with Crippen LogP contribution in [0.5, 0.6) is 5.75 Å². The van der Waals surface area contributed by atoms with E-state index in [9.17, 15) is 4.79 Å². The van der Waals surface area contributed by atoms with Gasteiger partial charge in [-0.1, -0.05) is 24.3 Å². The van der Waals surface area contributed by atoms with E-state index >= 15 is 0 Å². The number of allylic oxidation sites excluding steroid dienone is 1. The van der Waals surface area contributed by atoms with Gasteiger partial charge in [-0.15, -0.1) is 0 Å². The number of nitrogens with zero attached hydrogens (tertiary/aromatic N) is 1. The Balaban J connectivity index is 1.95. The van der Waals surface area contributed by atoms with Crippen LogP contribution in [0, 0.1) is 0 Å². The smallest absolute Gasteiger partial charge is 0.189 e. The van der Waals surface area contributed by atoms with Gasteiger partial charge in [-0.2, -0.15) is 0 Å². The molecule has 2 aromatic rings. The number of carbonyl (C=O) groups is 1. The number of fused-ring (bicyclic) bond motifs is 1. The first-order chi connectivity index (χ1) is 11.7. The molecule has 124 valence electrons. The number of hydrogen-bond donors (Lipinski definition) is 0. The fourth-order valence-corrected chi connectivity index (χ4v) is 3.26. The van der Waals surface area contributed by atoms with Gasteiger partial charge in [0, 0.05) is 48.0 Å². The Hall–Kier alpha value is -2.55. The maximum Gasteiger partial charge on any atom is 0.189 e. The number of ketones is 1. The van der Waals surface area contributed by atoms with E-state index in [-0.39, 0.29) is 5.78 Å². The van der Waals surface area contributed by atoms with Crippen molar-refractivity contribution in [3.63, 3.8) is 0 Å². The Morgan fingerprint density at radius 2 is 1.88 bits per heavy atom. The number of Topliss-reactive ketones (excluding diaryl/α,β-unsaturated/α-hetero) is 1. The lowest BCUT2D eigenvalue weighted by molar-refractivity contribution is 0.104. The third kappa shape index (κ3) is 2.94. The molecule has 0 N–H and O–H groups in total. The fourth-order valence-electron chi connectivity index (χ4n) is 3.26. The minimum absolute atomic E-state index is 0.125. The SMILES string of the molecule is CCN(CC)c1ccc(C=C2Cc3ccccc3C2=O)c(OC)c1. The van der Waals surface area contributed by atoms with Crippen molar-refractivity contribution in [2.24, 2.45) is 0 Å². The second-order valence-corrected chi connectivity index (χ2v) is 5.93. The second kappa shape index (κ2) is 6.91. The summed E-state index contributed by atoms with van der Waals surface area (Å²) < 4.78 is 5.57. The highest BCUT2D eigenvalue weighted by atomic mass is 16.5. The van der Waals surface area contributed by atoms with Crippen molar-refractivity contribution in [3.8, 4) is 5.75 Å². The molecule has 0 heterocycles. The monoisotopic (exact) mass is 321 g/mol. The molecule has 3 heteroatoms. The van der Waals surface area contributed by atoms with Crippen LogP contribution in [0.25, 0.3) is 6.08 Å². The van der Waals surface area contributed by atoms with Gasteiger partial charge in [0.05, 0.1) is 7.11 Å². The summed E-state index contributed by atoms with van der Waals surface area (Å²) in [5.74, 6) is 0.927. The predicted molar refractivity (Wildman–Crippen MR) is 99.0 cm³/mol. The third-order valence-corrected chi connectivity index (χ3v) is 4.61. The highest BCUT2D eigenvalue weighted by Crippen LogP contribution is 2.32. The van der Waals surface area contributed by atoms with E-state index in [1.54, 1.807) is 7.11 Å². The summed E-state index contributed by atoms with van der Waals surface area (Å²) in [6, 6.07) is 14.0. The van der Waals surface area contributed by atoms with Crippen LogP contribution in [-0.4, -0.2) is 26.0 Å². The molecule has 0 saturated heterocycles. The minimum Gasteiger partial charge on any atom is -0.496 e. The molecule has 24 heavy (non-hydrogen) atoms. The summed E-state index contributed by atoms with van der Waals surface area (Å²) in [4.78, 5) is 14.8. The molecule has 3 rings (SSSR count). The fraction of sp³-hybridized carbons (Fsp3) is 0.286. The van der Waals surface area contributed by atoms with Gasteiger partial charge in [0.1, 0.15) is 5.75 Å². The summed E-state index contributed by atoms with van der Waals surface area (Å²) in [5, 5.41) is 0. The van der Waals surface area contributed by atoms with Gasteiger partial charge in [0.25, 0.3) is 0 Å². The molecule has 0 radical (unpaired) electrons. The van der Waals surface area contributed by atoms with Gasteiger partial charge in [-0.25, -0.2) is 0 Å². The van der Waals surface area contributed by atoms with E-state index in [0.717, 1.165) is 46.8 Å². The molecule has 0 unspecified atom stereocenters. The van der Waals surface area contributed by atoms with Crippen LogP contribution in [-0.2, 0) is 6.42 Å². The van der Waals surface area contributed by atoms with Crippen LogP contribution >= 0.6 is 0 Å². The van der Waals surface area contributed by atoms with Crippen LogP contribution in [0.3, 0.4) is 0 Å². The van der Waals surface area contributed by atoms with Crippen LogP contribution in [0.2, 0.25) is 0 Å². The summed E-state index contributed by atoms with van der Waals surface area (Å²) in [6.07, 6.45) is 2.66. The summed E-state index contributed by atoms with van der Waals surface area (Å²) >= 11 is 0. The minimum atomic E-state index is 0.125. The number of carbonyl (C=O) groups excluding carboxylic acids is 1. The van der Waals surface area contributed by atoms with E-state index in [1.807, 2.05) is 42.5 Å². The second-order valence-electron chi connectivity index (χ2n) is 5.93. The highest BCUT2D eigenvalue weighted by Gasteiger charge is 2.24. The first-order valence-corrected chi connectivity index (χ1v) is 8.44. The third-order valence-electron chi connectivity index (χ3n) is 4.61. The average molecular weight is 321 g/mol. The summed E-state index contributed by atoms with van der Waals surface area (Å²) in [7, 11) is 1.68. The zero-order valence-electron chi connectivity index (χ0n) is 14.5. The molecule has 1 aliphatic rings. The maximum absolute atomic E-state index is 12.6. The van der Waals surface area contributed by atoms with Gasteiger partial charge in [0.2, 0.25) is 0 Å². The van der Waals surface area contributed by atoms with Crippen LogP contribution in [0.15, 0.2) is 48.0 Å². The van der Waals surface area contributed by atoms with E-state index in [0.29, 0.717) is 6.42 Å². The lowest BCUT2D eigenvalue weighted by Gasteiger charge is -2.22. The number of anilines is 1. The summed E-state index contributed by atoms with van der Waals surface area (Å²) in [5.41, 5.74) is 4.84. The average Bonchev–Trinajstić information content (AvgIpc) is 2.93. The Morgan fingerprint density at radius 1 is 1.12 bits per heavy atom. The van der Waals surface area contributed by atoms with E-state index in [4.69, 9.17) is 4.74 Å². The first-order valence-electron chi connectivity index (χ1n) is 8.44. The van der Waals surface area contributed by atoms with Crippen molar-refractivity contribution in [1.82, 2.24) is 0 Å². The largest absolute Gasteiger partial charge is 0.496 e. The van der Waals surface area contributed by atoms with Crippen molar-refractivity contribution in [1.29, 1.82) is 0 Å². The molecule has 0 fully saturated rings. The van der Waals surface area contributed by atoms with Crippen LogP contribution < -0.4 is 9.64 Å². The predicted octanol–water partition coefficient (Wildman–Crippen LogP) is 4.36.